The zero-order chi connectivity index (χ0) is 12.0. The summed E-state index contributed by atoms with van der Waals surface area (Å²) in [5.41, 5.74) is 0.536. The van der Waals surface area contributed by atoms with Gasteiger partial charge in [0, 0.05) is 24.6 Å². The van der Waals surface area contributed by atoms with Crippen molar-refractivity contribution in [3.8, 4) is 0 Å². The molecule has 88 valence electrons. The quantitative estimate of drug-likeness (QED) is 0.756. The molecule has 0 bridgehead atoms. The van der Waals surface area contributed by atoms with Gasteiger partial charge in [-0.3, -0.25) is 9.59 Å². The molecule has 0 atom stereocenters. The highest BCUT2D eigenvalue weighted by molar-refractivity contribution is 5.69. The average molecular weight is 224 g/mol. The van der Waals surface area contributed by atoms with Crippen molar-refractivity contribution in [2.45, 2.75) is 33.1 Å². The van der Waals surface area contributed by atoms with E-state index in [-0.39, 0.29) is 11.5 Å². The minimum Gasteiger partial charge on any atom is -0.466 e. The van der Waals surface area contributed by atoms with Crippen molar-refractivity contribution < 1.29 is 9.53 Å². The van der Waals surface area contributed by atoms with Crippen LogP contribution in [0.5, 0.6) is 0 Å². The zero-order valence-electron chi connectivity index (χ0n) is 9.58. The first-order valence-electron chi connectivity index (χ1n) is 5.34. The summed E-state index contributed by atoms with van der Waals surface area (Å²) in [5, 5.41) is 0. The van der Waals surface area contributed by atoms with E-state index in [0.717, 1.165) is 0 Å². The number of carbonyl (C=O) groups excluding carboxylic acids is 1. The van der Waals surface area contributed by atoms with Gasteiger partial charge >= 0.3 is 5.97 Å². The van der Waals surface area contributed by atoms with Gasteiger partial charge in [-0.1, -0.05) is 0 Å². The van der Waals surface area contributed by atoms with Crippen molar-refractivity contribution in [3.63, 3.8) is 0 Å². The predicted molar refractivity (Wildman–Crippen MR) is 59.2 cm³/mol. The van der Waals surface area contributed by atoms with Crippen LogP contribution in [-0.2, 0) is 16.0 Å². The number of H-pyrrole nitrogens is 1. The van der Waals surface area contributed by atoms with E-state index in [4.69, 9.17) is 4.74 Å². The van der Waals surface area contributed by atoms with E-state index in [2.05, 4.69) is 9.97 Å². The molecule has 0 aliphatic heterocycles. The Bertz CT molecular complexity index is 412. The molecule has 1 aromatic rings. The Balaban J connectivity index is 2.43. The van der Waals surface area contributed by atoms with Crippen LogP contribution in [0.2, 0.25) is 0 Å². The highest BCUT2D eigenvalue weighted by atomic mass is 16.5. The molecule has 0 unspecified atom stereocenters. The molecule has 0 fully saturated rings. The molecule has 1 aromatic heterocycles. The predicted octanol–water partition coefficient (Wildman–Crippen LogP) is 0.964. The standard InChI is InChI=1S/C11H16N2O3/c1-3-16-11(15)6-4-5-9-12-8(2)7-10(14)13-9/h7H,3-6H2,1-2H3,(H,12,13,14). The van der Waals surface area contributed by atoms with E-state index in [1.165, 1.54) is 6.07 Å². The third kappa shape index (κ3) is 4.25. The zero-order valence-corrected chi connectivity index (χ0v) is 9.58. The molecular weight excluding hydrogens is 208 g/mol. The maximum Gasteiger partial charge on any atom is 0.305 e. The maximum absolute atomic E-state index is 11.1. The second kappa shape index (κ2) is 6.05. The van der Waals surface area contributed by atoms with E-state index in [9.17, 15) is 9.59 Å². The summed E-state index contributed by atoms with van der Waals surface area (Å²) in [7, 11) is 0. The van der Waals surface area contributed by atoms with Crippen LogP contribution < -0.4 is 5.56 Å². The number of hydrogen-bond donors (Lipinski definition) is 1. The fraction of sp³-hybridized carbons (Fsp3) is 0.545. The van der Waals surface area contributed by atoms with Crippen LogP contribution in [0.25, 0.3) is 0 Å². The van der Waals surface area contributed by atoms with Gasteiger partial charge in [0.15, 0.2) is 0 Å². The number of nitrogens with zero attached hydrogens (tertiary/aromatic N) is 1. The number of esters is 1. The molecule has 0 amide bonds. The Hall–Kier alpha value is -1.65. The Morgan fingerprint density at radius 3 is 2.94 bits per heavy atom. The van der Waals surface area contributed by atoms with Crippen LogP contribution in [0.3, 0.4) is 0 Å². The van der Waals surface area contributed by atoms with Crippen LogP contribution in [-0.4, -0.2) is 22.5 Å². The largest absolute Gasteiger partial charge is 0.466 e. The number of rotatable bonds is 5. The van der Waals surface area contributed by atoms with Crippen LogP contribution in [0.15, 0.2) is 10.9 Å². The molecule has 0 saturated carbocycles. The smallest absolute Gasteiger partial charge is 0.305 e. The second-order valence-corrected chi connectivity index (χ2v) is 3.49. The minimum atomic E-state index is -0.211. The van der Waals surface area contributed by atoms with Crippen molar-refractivity contribution in [1.82, 2.24) is 9.97 Å². The van der Waals surface area contributed by atoms with Crippen LogP contribution in [0.4, 0.5) is 0 Å². The van der Waals surface area contributed by atoms with Gasteiger partial charge in [0.2, 0.25) is 0 Å². The Morgan fingerprint density at radius 1 is 1.56 bits per heavy atom. The average Bonchev–Trinajstić information content (AvgIpc) is 2.16. The Labute approximate surface area is 93.9 Å². The van der Waals surface area contributed by atoms with E-state index < -0.39 is 0 Å². The van der Waals surface area contributed by atoms with Crippen LogP contribution >= 0.6 is 0 Å². The Morgan fingerprint density at radius 2 is 2.31 bits per heavy atom. The van der Waals surface area contributed by atoms with Crippen molar-refractivity contribution in [2.75, 3.05) is 6.61 Å². The van der Waals surface area contributed by atoms with Gasteiger partial charge in [-0.2, -0.15) is 0 Å². The number of aromatic amines is 1. The summed E-state index contributed by atoms with van der Waals surface area (Å²) in [4.78, 5) is 29.0. The summed E-state index contributed by atoms with van der Waals surface area (Å²) >= 11 is 0. The van der Waals surface area contributed by atoms with Gasteiger partial charge in [0.1, 0.15) is 5.82 Å². The van der Waals surface area contributed by atoms with E-state index in [1.807, 2.05) is 0 Å². The molecule has 0 spiro atoms. The number of carbonyl (C=O) groups is 1. The molecule has 5 heteroatoms. The molecule has 0 aliphatic carbocycles. The lowest BCUT2D eigenvalue weighted by Gasteiger charge is -2.02. The molecule has 0 radical (unpaired) electrons. The molecule has 1 heterocycles. The van der Waals surface area contributed by atoms with E-state index in [1.54, 1.807) is 13.8 Å². The fourth-order valence-corrected chi connectivity index (χ4v) is 1.39. The van der Waals surface area contributed by atoms with Crippen LogP contribution in [0.1, 0.15) is 31.3 Å². The molecular formula is C11H16N2O3. The van der Waals surface area contributed by atoms with Crippen molar-refractivity contribution in [1.29, 1.82) is 0 Å². The lowest BCUT2D eigenvalue weighted by atomic mass is 10.2. The van der Waals surface area contributed by atoms with Crippen molar-refractivity contribution in [3.05, 3.63) is 27.9 Å². The van der Waals surface area contributed by atoms with Gasteiger partial charge in [0.05, 0.1) is 6.61 Å². The van der Waals surface area contributed by atoms with Gasteiger partial charge in [-0.15, -0.1) is 0 Å². The first-order valence-corrected chi connectivity index (χ1v) is 5.34. The summed E-state index contributed by atoms with van der Waals surface area (Å²) in [5.74, 6) is 0.409. The summed E-state index contributed by atoms with van der Waals surface area (Å²) < 4.78 is 4.80. The highest BCUT2D eigenvalue weighted by Crippen LogP contribution is 2.00. The first kappa shape index (κ1) is 12.4. The molecule has 0 aromatic carbocycles. The minimum absolute atomic E-state index is 0.154. The summed E-state index contributed by atoms with van der Waals surface area (Å²) in [6, 6.07) is 1.44. The topological polar surface area (TPSA) is 72.0 Å². The van der Waals surface area contributed by atoms with Gasteiger partial charge < -0.3 is 9.72 Å². The number of ether oxygens (including phenoxy) is 1. The first-order chi connectivity index (χ1) is 7.61. The number of hydrogen-bond acceptors (Lipinski definition) is 4. The Kier molecular flexibility index (Phi) is 4.69. The normalized spacial score (nSPS) is 10.1. The maximum atomic E-state index is 11.1. The molecule has 5 nitrogen and oxygen atoms in total. The lowest BCUT2D eigenvalue weighted by molar-refractivity contribution is -0.143. The number of nitrogens with one attached hydrogen (secondary N) is 1. The number of aromatic nitrogens is 2. The second-order valence-electron chi connectivity index (χ2n) is 3.49. The number of aryl methyl sites for hydroxylation is 2. The molecule has 0 aliphatic rings. The molecule has 1 rings (SSSR count). The molecule has 0 saturated heterocycles. The third-order valence-corrected chi connectivity index (χ3v) is 2.02. The van der Waals surface area contributed by atoms with Crippen molar-refractivity contribution in [2.24, 2.45) is 0 Å². The lowest BCUT2D eigenvalue weighted by Crippen LogP contribution is -2.12. The molecule has 1 N–H and O–H groups in total. The SMILES string of the molecule is CCOC(=O)CCCc1nc(C)cc(=O)[nH]1. The monoisotopic (exact) mass is 224 g/mol. The fourth-order valence-electron chi connectivity index (χ4n) is 1.39. The summed E-state index contributed by atoms with van der Waals surface area (Å²) in [6.45, 7) is 3.94. The third-order valence-electron chi connectivity index (χ3n) is 2.02. The van der Waals surface area contributed by atoms with Crippen molar-refractivity contribution >= 4 is 5.97 Å². The van der Waals surface area contributed by atoms with E-state index >= 15 is 0 Å². The van der Waals surface area contributed by atoms with Gasteiger partial charge in [-0.05, 0) is 20.3 Å². The van der Waals surface area contributed by atoms with Gasteiger partial charge in [-0.25, -0.2) is 4.98 Å². The summed E-state index contributed by atoms with van der Waals surface area (Å²) in [6.07, 6.45) is 1.56. The molecule has 16 heavy (non-hydrogen) atoms. The van der Waals surface area contributed by atoms with Crippen LogP contribution in [0, 0.1) is 6.92 Å². The van der Waals surface area contributed by atoms with Gasteiger partial charge in [0.25, 0.3) is 5.56 Å². The van der Waals surface area contributed by atoms with E-state index in [0.29, 0.717) is 37.4 Å². The highest BCUT2D eigenvalue weighted by Gasteiger charge is 2.03.